The molecule has 0 bridgehead atoms. The molecule has 0 radical (unpaired) electrons. The third-order valence-corrected chi connectivity index (χ3v) is 2.54. The zero-order chi connectivity index (χ0) is 13.0. The number of aryl methyl sites for hydroxylation is 1. The molecule has 0 fully saturated rings. The number of carbonyl (C=O) groups is 1. The van der Waals surface area contributed by atoms with Crippen LogP contribution >= 0.6 is 0 Å². The summed E-state index contributed by atoms with van der Waals surface area (Å²) in [5.74, 6) is -0.772. The summed E-state index contributed by atoms with van der Waals surface area (Å²) in [6.45, 7) is 1.98. The fourth-order valence-corrected chi connectivity index (χ4v) is 1.71. The summed E-state index contributed by atoms with van der Waals surface area (Å²) >= 11 is 0. The van der Waals surface area contributed by atoms with Gasteiger partial charge in [0.2, 0.25) is 0 Å². The van der Waals surface area contributed by atoms with E-state index in [-0.39, 0.29) is 5.56 Å². The van der Waals surface area contributed by atoms with E-state index in [9.17, 15) is 9.70 Å². The molecule has 0 aliphatic heterocycles. The van der Waals surface area contributed by atoms with Crippen LogP contribution in [0.25, 0.3) is 0 Å². The second-order valence-electron chi connectivity index (χ2n) is 3.94. The third kappa shape index (κ3) is 2.60. The van der Waals surface area contributed by atoms with Gasteiger partial charge in [0.1, 0.15) is 0 Å². The van der Waals surface area contributed by atoms with Crippen LogP contribution in [0.4, 0.5) is 11.4 Å². The zero-order valence-corrected chi connectivity index (χ0v) is 9.88. The summed E-state index contributed by atoms with van der Waals surface area (Å²) in [5.41, 5.74) is 2.82. The molecular weight excluding hydrogens is 228 g/mol. The van der Waals surface area contributed by atoms with Crippen molar-refractivity contribution in [2.45, 2.75) is 6.92 Å². The molecule has 90 valence electrons. The average molecular weight is 240 g/mol. The number of hydrogen-bond donors (Lipinski definition) is 1. The quantitative estimate of drug-likeness (QED) is 0.833. The average Bonchev–Trinajstić information content (AvgIpc) is 2.38. The smallest absolute Gasteiger partial charge is 0.318 e. The highest BCUT2D eigenvalue weighted by molar-refractivity contribution is 6.00. The molecule has 4 heteroatoms. The van der Waals surface area contributed by atoms with Gasteiger partial charge in [0.25, 0.3) is 0 Å². The second-order valence-corrected chi connectivity index (χ2v) is 3.94. The molecule has 0 aliphatic rings. The largest absolute Gasteiger partial charge is 0.355 e. The van der Waals surface area contributed by atoms with Gasteiger partial charge in [-0.25, -0.2) is 0 Å². The molecule has 0 saturated carbocycles. The van der Waals surface area contributed by atoms with Gasteiger partial charge in [0.15, 0.2) is 0 Å². The SMILES string of the molecule is Cc1cccc(Nc2ccccc2C(=O)N=O)c1. The highest BCUT2D eigenvalue weighted by Crippen LogP contribution is 2.22. The number of para-hydroxylation sites is 1. The molecular formula is C14H12N2O2. The van der Waals surface area contributed by atoms with Gasteiger partial charge >= 0.3 is 5.91 Å². The number of nitroso groups, excluding NO2 is 1. The Labute approximate surface area is 105 Å². The van der Waals surface area contributed by atoms with Gasteiger partial charge in [-0.3, -0.25) is 4.79 Å². The third-order valence-electron chi connectivity index (χ3n) is 2.54. The number of nitrogens with zero attached hydrogens (tertiary/aromatic N) is 1. The normalized spacial score (nSPS) is 9.83. The van der Waals surface area contributed by atoms with E-state index in [0.29, 0.717) is 5.69 Å². The molecule has 1 amide bonds. The van der Waals surface area contributed by atoms with Gasteiger partial charge in [-0.05, 0) is 36.8 Å². The maximum absolute atomic E-state index is 11.4. The van der Waals surface area contributed by atoms with Crippen LogP contribution in [0.2, 0.25) is 0 Å². The minimum atomic E-state index is -0.772. The molecule has 1 N–H and O–H groups in total. The van der Waals surface area contributed by atoms with E-state index in [0.717, 1.165) is 11.3 Å². The van der Waals surface area contributed by atoms with Gasteiger partial charge in [-0.1, -0.05) is 24.3 Å². The Morgan fingerprint density at radius 3 is 2.61 bits per heavy atom. The molecule has 18 heavy (non-hydrogen) atoms. The summed E-state index contributed by atoms with van der Waals surface area (Å²) in [6, 6.07) is 14.5. The Kier molecular flexibility index (Phi) is 3.48. The number of hydrogen-bond acceptors (Lipinski definition) is 3. The number of carbonyl (C=O) groups excluding carboxylic acids is 1. The summed E-state index contributed by atoms with van der Waals surface area (Å²) in [5, 5.41) is 5.56. The van der Waals surface area contributed by atoms with Crippen LogP contribution in [0.5, 0.6) is 0 Å². The maximum atomic E-state index is 11.4. The number of anilines is 2. The van der Waals surface area contributed by atoms with E-state index in [4.69, 9.17) is 0 Å². The molecule has 2 aromatic carbocycles. The van der Waals surface area contributed by atoms with Crippen LogP contribution < -0.4 is 5.32 Å². The van der Waals surface area contributed by atoms with Gasteiger partial charge in [-0.2, -0.15) is 0 Å². The van der Waals surface area contributed by atoms with Crippen LogP contribution in [-0.4, -0.2) is 5.91 Å². The lowest BCUT2D eigenvalue weighted by atomic mass is 10.1. The highest BCUT2D eigenvalue weighted by atomic mass is 16.3. The van der Waals surface area contributed by atoms with Crippen LogP contribution in [-0.2, 0) is 0 Å². The molecule has 4 nitrogen and oxygen atoms in total. The first-order valence-corrected chi connectivity index (χ1v) is 5.51. The molecule has 0 aromatic heterocycles. The molecule has 0 unspecified atom stereocenters. The van der Waals surface area contributed by atoms with Crippen molar-refractivity contribution in [1.82, 2.24) is 0 Å². The lowest BCUT2D eigenvalue weighted by molar-refractivity contribution is 0.100. The van der Waals surface area contributed by atoms with Crippen LogP contribution in [0.1, 0.15) is 15.9 Å². The van der Waals surface area contributed by atoms with Crippen LogP contribution in [0, 0.1) is 11.8 Å². The Bertz CT molecular complexity index is 594. The molecule has 0 spiro atoms. The van der Waals surface area contributed by atoms with Crippen LogP contribution in [0.3, 0.4) is 0 Å². The Balaban J connectivity index is 2.34. The summed E-state index contributed by atoms with van der Waals surface area (Å²) in [7, 11) is 0. The summed E-state index contributed by atoms with van der Waals surface area (Å²) in [6.07, 6.45) is 0. The topological polar surface area (TPSA) is 58.5 Å². The molecule has 0 aliphatic carbocycles. The Morgan fingerprint density at radius 2 is 1.89 bits per heavy atom. The predicted molar refractivity (Wildman–Crippen MR) is 71.0 cm³/mol. The van der Waals surface area contributed by atoms with E-state index < -0.39 is 5.91 Å². The first-order valence-electron chi connectivity index (χ1n) is 5.51. The minimum Gasteiger partial charge on any atom is -0.355 e. The summed E-state index contributed by atoms with van der Waals surface area (Å²) < 4.78 is 0. The van der Waals surface area contributed by atoms with Crippen molar-refractivity contribution in [2.24, 2.45) is 5.18 Å². The van der Waals surface area contributed by atoms with E-state index >= 15 is 0 Å². The van der Waals surface area contributed by atoms with E-state index in [1.165, 1.54) is 0 Å². The molecule has 0 saturated heterocycles. The van der Waals surface area contributed by atoms with Crippen molar-refractivity contribution in [3.63, 3.8) is 0 Å². The van der Waals surface area contributed by atoms with Crippen molar-refractivity contribution in [1.29, 1.82) is 0 Å². The second kappa shape index (κ2) is 5.23. The van der Waals surface area contributed by atoms with Crippen molar-refractivity contribution < 1.29 is 4.79 Å². The highest BCUT2D eigenvalue weighted by Gasteiger charge is 2.10. The lowest BCUT2D eigenvalue weighted by Gasteiger charge is -2.09. The number of amides is 1. The Morgan fingerprint density at radius 1 is 1.11 bits per heavy atom. The lowest BCUT2D eigenvalue weighted by Crippen LogP contribution is -2.00. The Hall–Kier alpha value is -2.49. The van der Waals surface area contributed by atoms with Gasteiger partial charge in [0.05, 0.1) is 11.3 Å². The molecule has 0 heterocycles. The van der Waals surface area contributed by atoms with Gasteiger partial charge in [-0.15, -0.1) is 4.91 Å². The van der Waals surface area contributed by atoms with E-state index in [1.54, 1.807) is 24.3 Å². The van der Waals surface area contributed by atoms with Crippen molar-refractivity contribution in [2.75, 3.05) is 5.32 Å². The van der Waals surface area contributed by atoms with Crippen molar-refractivity contribution >= 4 is 17.3 Å². The van der Waals surface area contributed by atoms with E-state index in [2.05, 4.69) is 10.5 Å². The molecule has 0 atom stereocenters. The monoisotopic (exact) mass is 240 g/mol. The van der Waals surface area contributed by atoms with Gasteiger partial charge in [0, 0.05) is 10.9 Å². The molecule has 2 aromatic rings. The zero-order valence-electron chi connectivity index (χ0n) is 9.88. The fraction of sp³-hybridized carbons (Fsp3) is 0.0714. The first-order chi connectivity index (χ1) is 8.70. The maximum Gasteiger partial charge on any atom is 0.318 e. The standard InChI is InChI=1S/C14H12N2O2/c1-10-5-4-6-11(9-10)15-13-8-3-2-7-12(13)14(17)16-18/h2-9,15H,1H3. The van der Waals surface area contributed by atoms with Crippen molar-refractivity contribution in [3.05, 3.63) is 64.6 Å². The predicted octanol–water partition coefficient (Wildman–Crippen LogP) is 3.65. The fourth-order valence-electron chi connectivity index (χ4n) is 1.71. The molecule has 2 rings (SSSR count). The van der Waals surface area contributed by atoms with E-state index in [1.807, 2.05) is 31.2 Å². The number of benzene rings is 2. The van der Waals surface area contributed by atoms with Gasteiger partial charge < -0.3 is 5.32 Å². The first kappa shape index (κ1) is 12.0. The minimum absolute atomic E-state index is 0.272. The summed E-state index contributed by atoms with van der Waals surface area (Å²) in [4.78, 5) is 21.7. The van der Waals surface area contributed by atoms with Crippen LogP contribution in [0.15, 0.2) is 53.7 Å². The van der Waals surface area contributed by atoms with Crippen molar-refractivity contribution in [3.8, 4) is 0 Å². The number of rotatable bonds is 3. The number of nitrogens with one attached hydrogen (secondary N) is 1.